The van der Waals surface area contributed by atoms with Crippen molar-refractivity contribution in [1.29, 1.82) is 0 Å². The summed E-state index contributed by atoms with van der Waals surface area (Å²) >= 11 is 0. The summed E-state index contributed by atoms with van der Waals surface area (Å²) in [4.78, 5) is 39.3. The van der Waals surface area contributed by atoms with E-state index in [0.717, 1.165) is 12.8 Å². The van der Waals surface area contributed by atoms with Gasteiger partial charge in [0.15, 0.2) is 0 Å². The Labute approximate surface area is 119 Å². The Morgan fingerprint density at radius 1 is 1.25 bits per heavy atom. The number of likely N-dealkylation sites (N-methyl/N-ethyl adjacent to an activating group) is 2. The number of aliphatic carboxylic acids is 1. The van der Waals surface area contributed by atoms with Gasteiger partial charge >= 0.3 is 12.0 Å². The molecule has 0 aliphatic carbocycles. The van der Waals surface area contributed by atoms with E-state index in [1.807, 2.05) is 6.92 Å². The number of hydrogen-bond acceptors (Lipinski definition) is 3. The van der Waals surface area contributed by atoms with Gasteiger partial charge in [0.2, 0.25) is 5.91 Å². The van der Waals surface area contributed by atoms with Crippen molar-refractivity contribution >= 4 is 17.9 Å². The van der Waals surface area contributed by atoms with Crippen LogP contribution in [0.25, 0.3) is 0 Å². The number of likely N-dealkylation sites (tertiary alicyclic amines) is 1. The summed E-state index contributed by atoms with van der Waals surface area (Å²) in [7, 11) is 4.75. The van der Waals surface area contributed by atoms with Crippen LogP contribution in [-0.2, 0) is 9.59 Å². The zero-order valence-electron chi connectivity index (χ0n) is 12.5. The van der Waals surface area contributed by atoms with E-state index in [2.05, 4.69) is 0 Å². The second-order valence-electron chi connectivity index (χ2n) is 5.52. The van der Waals surface area contributed by atoms with Crippen LogP contribution in [-0.4, -0.2) is 78.0 Å². The van der Waals surface area contributed by atoms with Crippen molar-refractivity contribution in [1.82, 2.24) is 14.7 Å². The summed E-state index contributed by atoms with van der Waals surface area (Å²) in [5.41, 5.74) is 0. The number of piperidine rings is 1. The topological polar surface area (TPSA) is 81.2 Å². The summed E-state index contributed by atoms with van der Waals surface area (Å²) in [5, 5.41) is 9.29. The average Bonchev–Trinajstić information content (AvgIpc) is 2.36. The predicted molar refractivity (Wildman–Crippen MR) is 73.2 cm³/mol. The van der Waals surface area contributed by atoms with Crippen LogP contribution in [0.15, 0.2) is 0 Å². The molecule has 3 amide bonds. The molecule has 0 saturated carbocycles. The zero-order chi connectivity index (χ0) is 15.4. The van der Waals surface area contributed by atoms with E-state index in [0.29, 0.717) is 6.54 Å². The molecule has 1 heterocycles. The molecule has 2 atom stereocenters. The van der Waals surface area contributed by atoms with Crippen molar-refractivity contribution in [3.8, 4) is 0 Å². The number of urea groups is 1. The van der Waals surface area contributed by atoms with Crippen molar-refractivity contribution in [3.05, 3.63) is 0 Å². The lowest BCUT2D eigenvalue weighted by atomic mass is 9.91. The number of carbonyl (C=O) groups excluding carboxylic acids is 2. The van der Waals surface area contributed by atoms with E-state index in [9.17, 15) is 19.5 Å². The van der Waals surface area contributed by atoms with Crippen LogP contribution in [0, 0.1) is 5.92 Å². The summed E-state index contributed by atoms with van der Waals surface area (Å²) in [6.45, 7) is 2.20. The number of rotatable bonds is 3. The molecule has 0 aromatic rings. The molecule has 1 rings (SSSR count). The van der Waals surface area contributed by atoms with Crippen molar-refractivity contribution in [2.75, 3.05) is 34.2 Å². The van der Waals surface area contributed by atoms with Crippen LogP contribution in [0.3, 0.4) is 0 Å². The summed E-state index contributed by atoms with van der Waals surface area (Å²) in [6.07, 6.45) is 1.58. The maximum Gasteiger partial charge on any atom is 0.326 e. The van der Waals surface area contributed by atoms with Gasteiger partial charge in [0.25, 0.3) is 0 Å². The summed E-state index contributed by atoms with van der Waals surface area (Å²) in [5.74, 6) is -1.26. The molecule has 1 fully saturated rings. The van der Waals surface area contributed by atoms with Gasteiger partial charge in [0, 0.05) is 27.7 Å². The molecule has 1 aliphatic heterocycles. The fourth-order valence-electron chi connectivity index (χ4n) is 2.41. The average molecular weight is 285 g/mol. The normalized spacial score (nSPS) is 22.3. The largest absolute Gasteiger partial charge is 0.480 e. The minimum absolute atomic E-state index is 0.0525. The third-order valence-corrected chi connectivity index (χ3v) is 3.63. The van der Waals surface area contributed by atoms with Gasteiger partial charge in [-0.15, -0.1) is 0 Å². The molecular weight excluding hydrogens is 262 g/mol. The Kier molecular flexibility index (Phi) is 5.35. The van der Waals surface area contributed by atoms with Gasteiger partial charge in [0.05, 0.1) is 0 Å². The number of amides is 3. The molecule has 20 heavy (non-hydrogen) atoms. The van der Waals surface area contributed by atoms with Gasteiger partial charge < -0.3 is 19.8 Å². The molecule has 0 aromatic carbocycles. The van der Waals surface area contributed by atoms with Crippen LogP contribution in [0.4, 0.5) is 4.79 Å². The first kappa shape index (κ1) is 16.3. The van der Waals surface area contributed by atoms with E-state index in [-0.39, 0.29) is 18.4 Å². The highest BCUT2D eigenvalue weighted by Crippen LogP contribution is 2.24. The lowest BCUT2D eigenvalue weighted by Gasteiger charge is -2.39. The van der Waals surface area contributed by atoms with Crippen LogP contribution < -0.4 is 0 Å². The Morgan fingerprint density at radius 2 is 1.85 bits per heavy atom. The first-order valence-electron chi connectivity index (χ1n) is 6.70. The third kappa shape index (κ3) is 3.61. The molecule has 114 valence electrons. The van der Waals surface area contributed by atoms with E-state index < -0.39 is 18.0 Å². The zero-order valence-corrected chi connectivity index (χ0v) is 12.5. The fraction of sp³-hybridized carbons (Fsp3) is 0.769. The van der Waals surface area contributed by atoms with Gasteiger partial charge in [-0.3, -0.25) is 4.79 Å². The minimum Gasteiger partial charge on any atom is -0.480 e. The summed E-state index contributed by atoms with van der Waals surface area (Å²) < 4.78 is 0. The smallest absolute Gasteiger partial charge is 0.326 e. The van der Waals surface area contributed by atoms with Crippen LogP contribution in [0.1, 0.15) is 19.8 Å². The van der Waals surface area contributed by atoms with E-state index >= 15 is 0 Å². The van der Waals surface area contributed by atoms with Crippen LogP contribution in [0.5, 0.6) is 0 Å². The molecule has 0 radical (unpaired) electrons. The highest BCUT2D eigenvalue weighted by Gasteiger charge is 2.38. The molecule has 2 unspecified atom stereocenters. The first-order valence-corrected chi connectivity index (χ1v) is 6.70. The maximum absolute atomic E-state index is 12.3. The Balaban J connectivity index is 2.78. The van der Waals surface area contributed by atoms with Crippen molar-refractivity contribution in [3.63, 3.8) is 0 Å². The summed E-state index contributed by atoms with van der Waals surface area (Å²) in [6, 6.07) is -1.22. The molecule has 1 saturated heterocycles. The van der Waals surface area contributed by atoms with Gasteiger partial charge in [-0.1, -0.05) is 6.92 Å². The quantitative estimate of drug-likeness (QED) is 0.809. The molecule has 0 bridgehead atoms. The van der Waals surface area contributed by atoms with Gasteiger partial charge in [-0.2, -0.15) is 0 Å². The maximum atomic E-state index is 12.3. The molecule has 7 heteroatoms. The third-order valence-electron chi connectivity index (χ3n) is 3.63. The molecule has 1 aliphatic rings. The number of carboxylic acid groups (broad SMARTS) is 1. The molecule has 1 N–H and O–H groups in total. The van der Waals surface area contributed by atoms with Crippen LogP contribution in [0.2, 0.25) is 0 Å². The molecule has 0 spiro atoms. The first-order chi connectivity index (χ1) is 9.25. The standard InChI is InChI=1S/C13H23N3O4/c1-9-6-5-7-16(11(9)12(18)19)13(20)15(4)8-10(17)14(2)3/h9,11H,5-8H2,1-4H3,(H,18,19). The lowest BCUT2D eigenvalue weighted by Crippen LogP contribution is -2.56. The number of hydrogen-bond donors (Lipinski definition) is 1. The van der Waals surface area contributed by atoms with Gasteiger partial charge in [-0.25, -0.2) is 9.59 Å². The molecular formula is C13H23N3O4. The predicted octanol–water partition coefficient (Wildman–Crippen LogP) is 0.312. The second-order valence-corrected chi connectivity index (χ2v) is 5.52. The van der Waals surface area contributed by atoms with Crippen molar-refractivity contribution in [2.45, 2.75) is 25.8 Å². The van der Waals surface area contributed by atoms with Crippen molar-refractivity contribution in [2.24, 2.45) is 5.92 Å². The molecule has 7 nitrogen and oxygen atoms in total. The highest BCUT2D eigenvalue weighted by molar-refractivity contribution is 5.86. The number of nitrogens with zero attached hydrogens (tertiary/aromatic N) is 3. The highest BCUT2D eigenvalue weighted by atomic mass is 16.4. The lowest BCUT2D eigenvalue weighted by molar-refractivity contribution is -0.145. The van der Waals surface area contributed by atoms with Gasteiger partial charge in [0.1, 0.15) is 12.6 Å². The van der Waals surface area contributed by atoms with E-state index in [4.69, 9.17) is 0 Å². The Bertz CT molecular complexity index is 397. The second kappa shape index (κ2) is 6.58. The SMILES string of the molecule is CC1CCCN(C(=O)N(C)CC(=O)N(C)C)C1C(=O)O. The fourth-order valence-corrected chi connectivity index (χ4v) is 2.41. The number of carboxylic acids is 1. The van der Waals surface area contributed by atoms with Crippen LogP contribution >= 0.6 is 0 Å². The minimum atomic E-state index is -0.988. The Hall–Kier alpha value is -1.79. The van der Waals surface area contributed by atoms with Gasteiger partial charge in [-0.05, 0) is 18.8 Å². The van der Waals surface area contributed by atoms with E-state index in [1.165, 1.54) is 21.7 Å². The van der Waals surface area contributed by atoms with E-state index in [1.54, 1.807) is 14.1 Å². The molecule has 0 aromatic heterocycles. The Morgan fingerprint density at radius 3 is 2.35 bits per heavy atom. The monoisotopic (exact) mass is 285 g/mol. The number of carbonyl (C=O) groups is 3. The van der Waals surface area contributed by atoms with Crippen molar-refractivity contribution < 1.29 is 19.5 Å².